The Hall–Kier alpha value is -2.02. The molecule has 2 rings (SSSR count). The van der Waals surface area contributed by atoms with Crippen LogP contribution in [0.5, 0.6) is 0 Å². The second-order valence-electron chi connectivity index (χ2n) is 4.27. The number of tetrazole rings is 1. The smallest absolute Gasteiger partial charge is 0.251 e. The average molecular weight is 281 g/mol. The van der Waals surface area contributed by atoms with Crippen LogP contribution in [0.3, 0.4) is 0 Å². The van der Waals surface area contributed by atoms with E-state index < -0.39 is 0 Å². The number of halogens is 1. The van der Waals surface area contributed by atoms with Crippen LogP contribution >= 0.6 is 11.6 Å². The lowest BCUT2D eigenvalue weighted by Gasteiger charge is -2.08. The van der Waals surface area contributed by atoms with Gasteiger partial charge in [0.2, 0.25) is 0 Å². The largest absolute Gasteiger partial charge is 0.345 e. The SMILES string of the molecule is CC(C)c1cc(C(=O)NCc2nn[nH]n2)cc(Cl)n1. The van der Waals surface area contributed by atoms with Crippen LogP contribution in [0.4, 0.5) is 0 Å². The molecule has 1 amide bonds. The van der Waals surface area contributed by atoms with E-state index in [9.17, 15) is 4.79 Å². The third-order valence-electron chi connectivity index (χ3n) is 2.46. The first-order valence-corrected chi connectivity index (χ1v) is 6.12. The van der Waals surface area contributed by atoms with E-state index in [0.29, 0.717) is 16.5 Å². The summed E-state index contributed by atoms with van der Waals surface area (Å²) in [6.07, 6.45) is 0. The van der Waals surface area contributed by atoms with Crippen LogP contribution in [0.1, 0.15) is 41.6 Å². The van der Waals surface area contributed by atoms with Crippen molar-refractivity contribution in [2.75, 3.05) is 0 Å². The van der Waals surface area contributed by atoms with Crippen molar-refractivity contribution in [3.63, 3.8) is 0 Å². The number of rotatable bonds is 4. The first kappa shape index (κ1) is 13.4. The summed E-state index contributed by atoms with van der Waals surface area (Å²) in [6, 6.07) is 3.25. The van der Waals surface area contributed by atoms with Crippen LogP contribution in [0, 0.1) is 0 Å². The summed E-state index contributed by atoms with van der Waals surface area (Å²) >= 11 is 5.91. The molecule has 19 heavy (non-hydrogen) atoms. The van der Waals surface area contributed by atoms with Crippen LogP contribution < -0.4 is 5.32 Å². The van der Waals surface area contributed by atoms with Gasteiger partial charge in [0, 0.05) is 11.3 Å². The fourth-order valence-electron chi connectivity index (χ4n) is 1.46. The Bertz CT molecular complexity index is 569. The highest BCUT2D eigenvalue weighted by atomic mass is 35.5. The predicted octanol–water partition coefficient (Wildman–Crippen LogP) is 1.30. The van der Waals surface area contributed by atoms with Crippen LogP contribution in [-0.4, -0.2) is 31.5 Å². The van der Waals surface area contributed by atoms with Crippen LogP contribution in [0.25, 0.3) is 0 Å². The van der Waals surface area contributed by atoms with Gasteiger partial charge in [0.15, 0.2) is 5.82 Å². The van der Waals surface area contributed by atoms with E-state index in [1.807, 2.05) is 13.8 Å². The summed E-state index contributed by atoms with van der Waals surface area (Å²) in [4.78, 5) is 16.2. The van der Waals surface area contributed by atoms with E-state index in [1.54, 1.807) is 6.07 Å². The lowest BCUT2D eigenvalue weighted by molar-refractivity contribution is 0.0949. The van der Waals surface area contributed by atoms with E-state index in [4.69, 9.17) is 11.6 Å². The molecule has 0 radical (unpaired) electrons. The minimum atomic E-state index is -0.254. The number of carbonyl (C=O) groups is 1. The summed E-state index contributed by atoms with van der Waals surface area (Å²) in [7, 11) is 0. The molecular weight excluding hydrogens is 268 g/mol. The van der Waals surface area contributed by atoms with Gasteiger partial charge in [-0.25, -0.2) is 4.98 Å². The number of nitrogens with zero attached hydrogens (tertiary/aromatic N) is 4. The maximum absolute atomic E-state index is 12.0. The van der Waals surface area contributed by atoms with Gasteiger partial charge in [-0.1, -0.05) is 30.7 Å². The van der Waals surface area contributed by atoms with E-state index in [2.05, 4.69) is 30.9 Å². The fourth-order valence-corrected chi connectivity index (χ4v) is 1.68. The van der Waals surface area contributed by atoms with Gasteiger partial charge >= 0.3 is 0 Å². The molecule has 0 aromatic carbocycles. The summed E-state index contributed by atoms with van der Waals surface area (Å²) in [6.45, 7) is 4.17. The number of hydrogen-bond donors (Lipinski definition) is 2. The number of aromatic amines is 1. The number of amides is 1. The highest BCUT2D eigenvalue weighted by Crippen LogP contribution is 2.17. The Morgan fingerprint density at radius 2 is 2.26 bits per heavy atom. The molecule has 0 unspecified atom stereocenters. The van der Waals surface area contributed by atoms with Crippen molar-refractivity contribution < 1.29 is 4.79 Å². The molecule has 0 saturated carbocycles. The summed E-state index contributed by atoms with van der Waals surface area (Å²) < 4.78 is 0. The molecule has 0 aliphatic rings. The minimum absolute atomic E-state index is 0.197. The van der Waals surface area contributed by atoms with E-state index in [1.165, 1.54) is 6.07 Å². The van der Waals surface area contributed by atoms with Gasteiger partial charge in [-0.05, 0) is 18.1 Å². The lowest BCUT2D eigenvalue weighted by atomic mass is 10.1. The number of carbonyl (C=O) groups excluding carboxylic acids is 1. The third kappa shape index (κ3) is 3.47. The van der Waals surface area contributed by atoms with Crippen molar-refractivity contribution in [2.45, 2.75) is 26.3 Å². The second-order valence-corrected chi connectivity index (χ2v) is 4.66. The molecule has 8 heteroatoms. The van der Waals surface area contributed by atoms with Crippen molar-refractivity contribution in [3.05, 3.63) is 34.4 Å². The van der Waals surface area contributed by atoms with Crippen molar-refractivity contribution in [1.82, 2.24) is 30.9 Å². The minimum Gasteiger partial charge on any atom is -0.345 e. The molecule has 7 nitrogen and oxygen atoms in total. The zero-order valence-corrected chi connectivity index (χ0v) is 11.3. The molecule has 0 fully saturated rings. The predicted molar refractivity (Wildman–Crippen MR) is 68.7 cm³/mol. The van der Waals surface area contributed by atoms with Gasteiger partial charge < -0.3 is 5.32 Å². The number of H-pyrrole nitrogens is 1. The Morgan fingerprint density at radius 3 is 2.89 bits per heavy atom. The number of hydrogen-bond acceptors (Lipinski definition) is 5. The van der Waals surface area contributed by atoms with Crippen molar-refractivity contribution in [1.29, 1.82) is 0 Å². The maximum atomic E-state index is 12.0. The van der Waals surface area contributed by atoms with Crippen LogP contribution in [0.2, 0.25) is 5.15 Å². The van der Waals surface area contributed by atoms with Crippen molar-refractivity contribution in [3.8, 4) is 0 Å². The quantitative estimate of drug-likeness (QED) is 0.823. The average Bonchev–Trinajstić information content (AvgIpc) is 2.88. The molecule has 2 N–H and O–H groups in total. The van der Waals surface area contributed by atoms with Gasteiger partial charge in [0.05, 0.1) is 6.54 Å². The topological polar surface area (TPSA) is 96.5 Å². The molecule has 2 aromatic rings. The van der Waals surface area contributed by atoms with E-state index >= 15 is 0 Å². The molecule has 0 spiro atoms. The van der Waals surface area contributed by atoms with Crippen molar-refractivity contribution >= 4 is 17.5 Å². The molecule has 0 aliphatic heterocycles. The summed E-state index contributed by atoms with van der Waals surface area (Å²) in [5, 5.41) is 16.2. The normalized spacial score (nSPS) is 10.7. The van der Waals surface area contributed by atoms with Gasteiger partial charge in [-0.2, -0.15) is 5.21 Å². The van der Waals surface area contributed by atoms with Gasteiger partial charge in [0.25, 0.3) is 5.91 Å². The van der Waals surface area contributed by atoms with E-state index in [-0.39, 0.29) is 18.4 Å². The molecule has 2 aromatic heterocycles. The zero-order chi connectivity index (χ0) is 13.8. The Morgan fingerprint density at radius 1 is 1.47 bits per heavy atom. The Balaban J connectivity index is 2.10. The third-order valence-corrected chi connectivity index (χ3v) is 2.66. The zero-order valence-electron chi connectivity index (χ0n) is 10.5. The van der Waals surface area contributed by atoms with Crippen LogP contribution in [0.15, 0.2) is 12.1 Å². The molecule has 0 aliphatic carbocycles. The number of aromatic nitrogens is 5. The highest BCUT2D eigenvalue weighted by molar-refractivity contribution is 6.29. The fraction of sp³-hybridized carbons (Fsp3) is 0.364. The molecule has 0 atom stereocenters. The van der Waals surface area contributed by atoms with Crippen molar-refractivity contribution in [2.24, 2.45) is 0 Å². The number of pyridine rings is 1. The van der Waals surface area contributed by atoms with E-state index in [0.717, 1.165) is 5.69 Å². The standard InChI is InChI=1S/C11H13ClN6O/c1-6(2)8-3-7(4-9(12)14-8)11(19)13-5-10-15-17-18-16-10/h3-4,6H,5H2,1-2H3,(H,13,19)(H,15,16,17,18). The first-order valence-electron chi connectivity index (χ1n) is 5.74. The van der Waals surface area contributed by atoms with Crippen LogP contribution in [-0.2, 0) is 6.54 Å². The Kier molecular flexibility index (Phi) is 4.06. The summed E-state index contributed by atoms with van der Waals surface area (Å²) in [5.41, 5.74) is 1.24. The van der Waals surface area contributed by atoms with Gasteiger partial charge in [0.1, 0.15) is 5.15 Å². The second kappa shape index (κ2) is 5.75. The molecule has 100 valence electrons. The molecule has 0 saturated heterocycles. The number of nitrogens with one attached hydrogen (secondary N) is 2. The maximum Gasteiger partial charge on any atom is 0.251 e. The highest BCUT2D eigenvalue weighted by Gasteiger charge is 2.11. The Labute approximate surface area is 114 Å². The molecule has 2 heterocycles. The summed E-state index contributed by atoms with van der Waals surface area (Å²) in [5.74, 6) is 0.357. The van der Waals surface area contributed by atoms with Gasteiger partial charge in [-0.15, -0.1) is 10.2 Å². The molecular formula is C11H13ClN6O. The lowest BCUT2D eigenvalue weighted by Crippen LogP contribution is -2.23. The molecule has 0 bridgehead atoms. The van der Waals surface area contributed by atoms with Gasteiger partial charge in [-0.3, -0.25) is 4.79 Å². The first-order chi connectivity index (χ1) is 9.06. The monoisotopic (exact) mass is 280 g/mol.